The molecule has 0 spiro atoms. The lowest BCUT2D eigenvalue weighted by molar-refractivity contribution is -0.136. The van der Waals surface area contributed by atoms with Crippen molar-refractivity contribution in [3.8, 4) is 23.0 Å². The maximum Gasteiger partial charge on any atom is 0.332 e. The molecule has 228 valence electrons. The molecule has 0 radical (unpaired) electrons. The van der Waals surface area contributed by atoms with Gasteiger partial charge in [0.25, 0.3) is 0 Å². The van der Waals surface area contributed by atoms with E-state index in [0.717, 1.165) is 56.0 Å². The standard InChI is InChI=1S/C34H44O8/c1-15-17(3)31-27(19(5)29(15)35)13-23(21(7)41-31)9-11-25(33(37)38)26(34(39)40)12-10-24-14-28-20(6)30(36)16(2)18(4)32(28)42-22(24)8/h21-24,35-36H,9-14H2,1-8H3,(H,37,38)(H,39,40)/b26-25+. The van der Waals surface area contributed by atoms with Gasteiger partial charge in [0, 0.05) is 34.1 Å². The van der Waals surface area contributed by atoms with Gasteiger partial charge in [-0.2, -0.15) is 0 Å². The molecule has 4 N–H and O–H groups in total. The normalized spacial score (nSPS) is 21.9. The van der Waals surface area contributed by atoms with Crippen LogP contribution in [-0.2, 0) is 22.4 Å². The second-order valence-electron chi connectivity index (χ2n) is 12.3. The summed E-state index contributed by atoms with van der Waals surface area (Å²) in [4.78, 5) is 24.7. The summed E-state index contributed by atoms with van der Waals surface area (Å²) in [6, 6.07) is 0. The van der Waals surface area contributed by atoms with Gasteiger partial charge in [-0.15, -0.1) is 0 Å². The zero-order valence-electron chi connectivity index (χ0n) is 26.0. The first kappa shape index (κ1) is 31.3. The Morgan fingerprint density at radius 2 is 0.952 bits per heavy atom. The summed E-state index contributed by atoms with van der Waals surface area (Å²) < 4.78 is 12.5. The predicted molar refractivity (Wildman–Crippen MR) is 160 cm³/mol. The minimum atomic E-state index is -1.22. The van der Waals surface area contributed by atoms with Crippen molar-refractivity contribution < 1.29 is 39.5 Å². The molecule has 4 atom stereocenters. The van der Waals surface area contributed by atoms with Gasteiger partial charge in [0.2, 0.25) is 0 Å². The van der Waals surface area contributed by atoms with E-state index >= 15 is 0 Å². The van der Waals surface area contributed by atoms with E-state index in [9.17, 15) is 30.0 Å². The average Bonchev–Trinajstić information content (AvgIpc) is 2.94. The highest BCUT2D eigenvalue weighted by atomic mass is 16.5. The number of rotatable bonds is 8. The van der Waals surface area contributed by atoms with Gasteiger partial charge in [-0.3, -0.25) is 0 Å². The Balaban J connectivity index is 1.54. The van der Waals surface area contributed by atoms with Crippen LogP contribution in [0.25, 0.3) is 0 Å². The maximum atomic E-state index is 12.4. The number of hydrogen-bond donors (Lipinski definition) is 4. The fraction of sp³-hybridized carbons (Fsp3) is 0.529. The van der Waals surface area contributed by atoms with Crippen molar-refractivity contribution in [3.63, 3.8) is 0 Å². The lowest BCUT2D eigenvalue weighted by Crippen LogP contribution is -2.32. The average molecular weight is 581 g/mol. The van der Waals surface area contributed by atoms with E-state index in [-0.39, 0.29) is 59.5 Å². The monoisotopic (exact) mass is 580 g/mol. The van der Waals surface area contributed by atoms with Crippen molar-refractivity contribution in [2.24, 2.45) is 11.8 Å². The molecule has 42 heavy (non-hydrogen) atoms. The summed E-state index contributed by atoms with van der Waals surface area (Å²) >= 11 is 0. The van der Waals surface area contributed by atoms with Gasteiger partial charge in [-0.25, -0.2) is 9.59 Å². The number of ether oxygens (including phenoxy) is 2. The summed E-state index contributed by atoms with van der Waals surface area (Å²) in [7, 11) is 0. The largest absolute Gasteiger partial charge is 0.507 e. The lowest BCUT2D eigenvalue weighted by Gasteiger charge is -2.35. The number of carboxylic acids is 2. The molecule has 0 aromatic heterocycles. The number of aliphatic carboxylic acids is 2. The first-order chi connectivity index (χ1) is 19.6. The summed E-state index contributed by atoms with van der Waals surface area (Å²) in [5, 5.41) is 41.4. The van der Waals surface area contributed by atoms with E-state index in [1.165, 1.54) is 0 Å². The van der Waals surface area contributed by atoms with Gasteiger partial charge in [0.05, 0.1) is 12.2 Å². The van der Waals surface area contributed by atoms with Gasteiger partial charge in [-0.05, 0) is 127 Å². The molecule has 0 amide bonds. The lowest BCUT2D eigenvalue weighted by atomic mass is 9.81. The Morgan fingerprint density at radius 1 is 0.619 bits per heavy atom. The Bertz CT molecular complexity index is 1360. The fourth-order valence-corrected chi connectivity index (χ4v) is 6.68. The second-order valence-corrected chi connectivity index (χ2v) is 12.3. The molecule has 8 heteroatoms. The number of carboxylic acid groups (broad SMARTS) is 2. The topological polar surface area (TPSA) is 134 Å². The molecule has 0 saturated heterocycles. The van der Waals surface area contributed by atoms with Gasteiger partial charge in [0.15, 0.2) is 0 Å². The van der Waals surface area contributed by atoms with Crippen LogP contribution < -0.4 is 9.47 Å². The quantitative estimate of drug-likeness (QED) is 0.258. The highest BCUT2D eigenvalue weighted by Gasteiger charge is 2.34. The molecule has 0 fully saturated rings. The minimum absolute atomic E-state index is 0.0345. The number of phenolic OH excluding ortho intramolecular Hbond substituents is 2. The third-order valence-corrected chi connectivity index (χ3v) is 9.96. The third kappa shape index (κ3) is 5.55. The van der Waals surface area contributed by atoms with E-state index in [0.29, 0.717) is 25.7 Å². The van der Waals surface area contributed by atoms with Crippen LogP contribution in [0.2, 0.25) is 0 Å². The summed E-state index contributed by atoms with van der Waals surface area (Å²) in [5.41, 5.74) is 6.61. The van der Waals surface area contributed by atoms with Crippen molar-refractivity contribution in [2.75, 3.05) is 0 Å². The molecule has 0 saturated carbocycles. The van der Waals surface area contributed by atoms with Crippen molar-refractivity contribution in [1.82, 2.24) is 0 Å². The number of benzene rings is 2. The smallest absolute Gasteiger partial charge is 0.332 e. The van der Waals surface area contributed by atoms with Crippen molar-refractivity contribution in [2.45, 2.75) is 106 Å². The Hall–Kier alpha value is -3.68. The number of phenols is 2. The van der Waals surface area contributed by atoms with Crippen molar-refractivity contribution in [3.05, 3.63) is 55.7 Å². The van der Waals surface area contributed by atoms with Gasteiger partial charge < -0.3 is 29.9 Å². The SMILES string of the molecule is Cc1c(C)c2c(c(C)c1O)CC(CC/C(C(=O)O)=C(/CCC1Cc3c(C)c(O)c(C)c(C)c3OC1C)C(=O)O)C(C)O2. The summed E-state index contributed by atoms with van der Waals surface area (Å²) in [6.07, 6.45) is 1.96. The highest BCUT2D eigenvalue weighted by molar-refractivity contribution is 5.98. The molecule has 2 aromatic rings. The van der Waals surface area contributed by atoms with Gasteiger partial charge in [0.1, 0.15) is 23.0 Å². The van der Waals surface area contributed by atoms with Crippen LogP contribution >= 0.6 is 0 Å². The first-order valence-electron chi connectivity index (χ1n) is 14.8. The number of hydrogen-bond acceptors (Lipinski definition) is 6. The molecule has 4 unspecified atom stereocenters. The first-order valence-corrected chi connectivity index (χ1v) is 14.8. The molecular weight excluding hydrogens is 536 g/mol. The molecule has 0 bridgehead atoms. The Labute approximate surface area is 248 Å². The molecule has 4 rings (SSSR count). The Morgan fingerprint density at radius 3 is 1.26 bits per heavy atom. The molecule has 8 nitrogen and oxygen atoms in total. The minimum Gasteiger partial charge on any atom is -0.507 e. The molecule has 2 aliphatic rings. The summed E-state index contributed by atoms with van der Waals surface area (Å²) in [5.74, 6) is -0.439. The molecule has 2 heterocycles. The molecule has 2 aliphatic heterocycles. The summed E-state index contributed by atoms with van der Waals surface area (Å²) in [6.45, 7) is 15.2. The van der Waals surface area contributed by atoms with Crippen LogP contribution in [0.3, 0.4) is 0 Å². The van der Waals surface area contributed by atoms with E-state index < -0.39 is 11.9 Å². The van der Waals surface area contributed by atoms with Crippen LogP contribution in [0.15, 0.2) is 11.1 Å². The van der Waals surface area contributed by atoms with E-state index in [2.05, 4.69) is 0 Å². The molecule has 0 aliphatic carbocycles. The van der Waals surface area contributed by atoms with E-state index in [4.69, 9.17) is 9.47 Å². The predicted octanol–water partition coefficient (Wildman–Crippen LogP) is 6.55. The molecule has 2 aromatic carbocycles. The van der Waals surface area contributed by atoms with E-state index in [1.54, 1.807) is 0 Å². The number of aromatic hydroxyl groups is 2. The maximum absolute atomic E-state index is 12.4. The van der Waals surface area contributed by atoms with E-state index in [1.807, 2.05) is 55.4 Å². The van der Waals surface area contributed by atoms with Crippen LogP contribution in [0.4, 0.5) is 0 Å². The van der Waals surface area contributed by atoms with Crippen LogP contribution in [-0.4, -0.2) is 44.6 Å². The Kier molecular flexibility index (Phi) is 8.86. The highest BCUT2D eigenvalue weighted by Crippen LogP contribution is 2.45. The van der Waals surface area contributed by atoms with Gasteiger partial charge in [-0.1, -0.05) is 0 Å². The second kappa shape index (κ2) is 11.9. The van der Waals surface area contributed by atoms with Gasteiger partial charge >= 0.3 is 11.9 Å². The van der Waals surface area contributed by atoms with Crippen LogP contribution in [0, 0.1) is 53.4 Å². The van der Waals surface area contributed by atoms with Crippen molar-refractivity contribution in [1.29, 1.82) is 0 Å². The third-order valence-electron chi connectivity index (χ3n) is 9.96. The zero-order valence-corrected chi connectivity index (χ0v) is 26.0. The number of fused-ring (bicyclic) bond motifs is 2. The van der Waals surface area contributed by atoms with Crippen LogP contribution in [0.1, 0.15) is 84.0 Å². The van der Waals surface area contributed by atoms with Crippen molar-refractivity contribution >= 4 is 11.9 Å². The van der Waals surface area contributed by atoms with Crippen LogP contribution in [0.5, 0.6) is 23.0 Å². The zero-order chi connectivity index (χ0) is 31.2. The number of carbonyl (C=O) groups is 2. The fourth-order valence-electron chi connectivity index (χ4n) is 6.68. The molecular formula is C34H44O8.